The first-order valence-corrected chi connectivity index (χ1v) is 7.16. The van der Waals surface area contributed by atoms with E-state index in [9.17, 15) is 4.79 Å². The van der Waals surface area contributed by atoms with Crippen LogP contribution < -0.4 is 10.6 Å². The summed E-state index contributed by atoms with van der Waals surface area (Å²) in [5.74, 6) is -0.0597. The quantitative estimate of drug-likeness (QED) is 0.860. The molecule has 1 aromatic rings. The summed E-state index contributed by atoms with van der Waals surface area (Å²) in [5.41, 5.74) is 1.52. The first-order chi connectivity index (χ1) is 9.59. The molecule has 0 unspecified atom stereocenters. The average Bonchev–Trinajstić information content (AvgIpc) is 2.95. The zero-order valence-electron chi connectivity index (χ0n) is 12.6. The summed E-state index contributed by atoms with van der Waals surface area (Å²) in [7, 11) is 6.01. The number of likely N-dealkylation sites (N-methyl/N-ethyl adjacent to an activating group) is 1. The summed E-state index contributed by atoms with van der Waals surface area (Å²) in [6.07, 6.45) is 8.06. The molecule has 1 amide bonds. The average molecular weight is 276 g/mol. The summed E-state index contributed by atoms with van der Waals surface area (Å²) in [4.78, 5) is 18.6. The number of pyridine rings is 1. The van der Waals surface area contributed by atoms with Gasteiger partial charge in [-0.2, -0.15) is 0 Å². The van der Waals surface area contributed by atoms with Crippen molar-refractivity contribution in [3.05, 3.63) is 24.0 Å². The third-order valence-electron chi connectivity index (χ3n) is 4.40. The molecule has 2 N–H and O–H groups in total. The van der Waals surface area contributed by atoms with Crippen molar-refractivity contribution < 1.29 is 4.79 Å². The van der Waals surface area contributed by atoms with E-state index in [1.165, 1.54) is 12.8 Å². The van der Waals surface area contributed by atoms with Gasteiger partial charge in [-0.3, -0.25) is 9.78 Å². The van der Waals surface area contributed by atoms with Crippen LogP contribution in [0.3, 0.4) is 0 Å². The van der Waals surface area contributed by atoms with Crippen LogP contribution in [-0.2, 0) is 0 Å². The third kappa shape index (κ3) is 2.93. The van der Waals surface area contributed by atoms with Gasteiger partial charge in [-0.15, -0.1) is 0 Å². The zero-order valence-corrected chi connectivity index (χ0v) is 12.6. The van der Waals surface area contributed by atoms with Crippen molar-refractivity contribution in [2.45, 2.75) is 31.2 Å². The van der Waals surface area contributed by atoms with Gasteiger partial charge in [-0.05, 0) is 33.0 Å². The normalized spacial score (nSPS) is 17.2. The van der Waals surface area contributed by atoms with Crippen LogP contribution in [0, 0.1) is 0 Å². The van der Waals surface area contributed by atoms with E-state index in [0.29, 0.717) is 12.1 Å². The van der Waals surface area contributed by atoms with Crippen LogP contribution in [0.25, 0.3) is 0 Å². The highest BCUT2D eigenvalue weighted by molar-refractivity contribution is 5.99. The molecule has 0 bridgehead atoms. The molecule has 5 nitrogen and oxygen atoms in total. The van der Waals surface area contributed by atoms with Crippen molar-refractivity contribution in [1.29, 1.82) is 0 Å². The lowest BCUT2D eigenvalue weighted by Gasteiger charge is -2.36. The molecule has 0 atom stereocenters. The van der Waals surface area contributed by atoms with Crippen molar-refractivity contribution >= 4 is 11.6 Å². The smallest absolute Gasteiger partial charge is 0.255 e. The van der Waals surface area contributed by atoms with Crippen LogP contribution in [0.5, 0.6) is 0 Å². The molecule has 1 aliphatic carbocycles. The van der Waals surface area contributed by atoms with E-state index in [4.69, 9.17) is 0 Å². The number of hydrogen-bond donors (Lipinski definition) is 2. The molecule has 1 saturated carbocycles. The molecule has 0 aliphatic heterocycles. The lowest BCUT2D eigenvalue weighted by atomic mass is 9.96. The number of rotatable bonds is 5. The van der Waals surface area contributed by atoms with Gasteiger partial charge in [0.1, 0.15) is 0 Å². The SMILES string of the molecule is CNc1ccncc1C(=O)NCC1(N(C)C)CCCC1. The van der Waals surface area contributed by atoms with Crippen molar-refractivity contribution in [1.82, 2.24) is 15.2 Å². The fourth-order valence-electron chi connectivity index (χ4n) is 2.95. The topological polar surface area (TPSA) is 57.3 Å². The summed E-state index contributed by atoms with van der Waals surface area (Å²) >= 11 is 0. The largest absolute Gasteiger partial charge is 0.387 e. The van der Waals surface area contributed by atoms with Crippen LogP contribution >= 0.6 is 0 Å². The van der Waals surface area contributed by atoms with Crippen LogP contribution in [0.4, 0.5) is 5.69 Å². The second kappa shape index (κ2) is 6.22. The Bertz CT molecular complexity index is 467. The Kier molecular flexibility index (Phi) is 4.60. The predicted octanol–water partition coefficient (Wildman–Crippen LogP) is 1.73. The number of carbonyl (C=O) groups excluding carboxylic acids is 1. The second-order valence-corrected chi connectivity index (χ2v) is 5.68. The van der Waals surface area contributed by atoms with Gasteiger partial charge in [0.2, 0.25) is 0 Å². The maximum absolute atomic E-state index is 12.3. The maximum atomic E-state index is 12.3. The number of aromatic nitrogens is 1. The number of hydrogen-bond acceptors (Lipinski definition) is 4. The summed E-state index contributed by atoms with van der Waals surface area (Å²) < 4.78 is 0. The van der Waals surface area contributed by atoms with Crippen molar-refractivity contribution in [2.75, 3.05) is 33.0 Å². The minimum absolute atomic E-state index is 0.0597. The van der Waals surface area contributed by atoms with E-state index >= 15 is 0 Å². The van der Waals surface area contributed by atoms with E-state index in [-0.39, 0.29) is 11.4 Å². The second-order valence-electron chi connectivity index (χ2n) is 5.68. The highest BCUT2D eigenvalue weighted by atomic mass is 16.1. The van der Waals surface area contributed by atoms with Crippen molar-refractivity contribution in [3.63, 3.8) is 0 Å². The highest BCUT2D eigenvalue weighted by Crippen LogP contribution is 2.33. The predicted molar refractivity (Wildman–Crippen MR) is 81.0 cm³/mol. The fourth-order valence-corrected chi connectivity index (χ4v) is 2.95. The van der Waals surface area contributed by atoms with Crippen molar-refractivity contribution in [3.8, 4) is 0 Å². The molecule has 0 aromatic carbocycles. The van der Waals surface area contributed by atoms with Gasteiger partial charge in [-0.1, -0.05) is 12.8 Å². The lowest BCUT2D eigenvalue weighted by molar-refractivity contribution is 0.0900. The maximum Gasteiger partial charge on any atom is 0.255 e. The van der Waals surface area contributed by atoms with Gasteiger partial charge in [0.05, 0.1) is 5.56 Å². The van der Waals surface area contributed by atoms with Gasteiger partial charge < -0.3 is 15.5 Å². The molecule has 1 heterocycles. The van der Waals surface area contributed by atoms with Gasteiger partial charge in [-0.25, -0.2) is 0 Å². The van der Waals surface area contributed by atoms with Gasteiger partial charge in [0, 0.05) is 37.2 Å². The van der Waals surface area contributed by atoms with E-state index in [1.807, 2.05) is 13.1 Å². The van der Waals surface area contributed by atoms with E-state index in [0.717, 1.165) is 18.5 Å². The third-order valence-corrected chi connectivity index (χ3v) is 4.40. The van der Waals surface area contributed by atoms with Crippen LogP contribution in [0.1, 0.15) is 36.0 Å². The lowest BCUT2D eigenvalue weighted by Crippen LogP contribution is -2.50. The molecule has 0 spiro atoms. The Morgan fingerprint density at radius 1 is 1.40 bits per heavy atom. The molecular formula is C15H24N4O. The molecule has 110 valence electrons. The first kappa shape index (κ1) is 14.8. The zero-order chi connectivity index (χ0) is 14.6. The molecule has 20 heavy (non-hydrogen) atoms. The van der Waals surface area contributed by atoms with Gasteiger partial charge in [0.15, 0.2) is 0 Å². The van der Waals surface area contributed by atoms with Crippen LogP contribution in [0.2, 0.25) is 0 Å². The Labute approximate surface area is 120 Å². The number of anilines is 1. The molecule has 1 fully saturated rings. The van der Waals surface area contributed by atoms with E-state index in [1.54, 1.807) is 12.4 Å². The highest BCUT2D eigenvalue weighted by Gasteiger charge is 2.36. The van der Waals surface area contributed by atoms with E-state index < -0.39 is 0 Å². The Hall–Kier alpha value is -1.62. The number of amides is 1. The molecule has 1 aromatic heterocycles. The molecule has 0 radical (unpaired) electrons. The summed E-state index contributed by atoms with van der Waals surface area (Å²) in [5, 5.41) is 6.10. The monoisotopic (exact) mass is 276 g/mol. The standard InChI is InChI=1S/C15H24N4O/c1-16-13-6-9-17-10-12(13)14(20)18-11-15(19(2)3)7-4-5-8-15/h6,9-10H,4-5,7-8,11H2,1-3H3,(H,16,17)(H,18,20). The van der Waals surface area contributed by atoms with Gasteiger partial charge in [0.25, 0.3) is 5.91 Å². The van der Waals surface area contributed by atoms with E-state index in [2.05, 4.69) is 34.6 Å². The van der Waals surface area contributed by atoms with Crippen LogP contribution in [-0.4, -0.2) is 49.0 Å². The fraction of sp³-hybridized carbons (Fsp3) is 0.600. The number of nitrogens with zero attached hydrogens (tertiary/aromatic N) is 2. The molecule has 0 saturated heterocycles. The molecule has 2 rings (SSSR count). The van der Waals surface area contributed by atoms with Crippen molar-refractivity contribution in [2.24, 2.45) is 0 Å². The minimum atomic E-state index is -0.0597. The summed E-state index contributed by atoms with van der Waals surface area (Å²) in [6.45, 7) is 0.691. The Morgan fingerprint density at radius 3 is 2.70 bits per heavy atom. The summed E-state index contributed by atoms with van der Waals surface area (Å²) in [6, 6.07) is 1.81. The minimum Gasteiger partial charge on any atom is -0.387 e. The Morgan fingerprint density at radius 2 is 2.10 bits per heavy atom. The first-order valence-electron chi connectivity index (χ1n) is 7.16. The number of nitrogens with one attached hydrogen (secondary N) is 2. The molecule has 5 heteroatoms. The number of carbonyl (C=O) groups is 1. The molecule has 1 aliphatic rings. The molecular weight excluding hydrogens is 252 g/mol. The van der Waals surface area contributed by atoms with Crippen LogP contribution in [0.15, 0.2) is 18.5 Å². The van der Waals surface area contributed by atoms with Gasteiger partial charge >= 0.3 is 0 Å². The Balaban J connectivity index is 2.05.